The van der Waals surface area contributed by atoms with Gasteiger partial charge in [-0.05, 0) is 23.8 Å². The molecule has 1 saturated heterocycles. The summed E-state index contributed by atoms with van der Waals surface area (Å²) in [6.45, 7) is 1.01. The van der Waals surface area contributed by atoms with Crippen LogP contribution in [-0.4, -0.2) is 61.7 Å². The number of carbonyl (C=O) groups excluding carboxylic acids is 1. The molecule has 1 aliphatic rings. The minimum absolute atomic E-state index is 0.0713. The molecular weight excluding hydrogens is 398 g/mol. The number of ether oxygens (including phenoxy) is 1. The van der Waals surface area contributed by atoms with E-state index in [1.54, 1.807) is 24.1 Å². The van der Waals surface area contributed by atoms with Crippen LogP contribution in [0.2, 0.25) is 0 Å². The highest BCUT2D eigenvalue weighted by molar-refractivity contribution is 7.89. The second-order valence-corrected chi connectivity index (χ2v) is 8.46. The van der Waals surface area contributed by atoms with Crippen molar-refractivity contribution < 1.29 is 22.9 Å². The average Bonchev–Trinajstić information content (AvgIpc) is 2.74. The molecule has 3 rings (SSSR count). The Labute approximate surface area is 168 Å². The number of rotatable bonds is 6. The standard InChI is InChI=1S/C19H21N3O6S/c1-28-14-15-6-8-16(9-7-15)19(23)20-10-12-21(13-11-20)29(26,27)18-5-3-2-4-17(18)22(24)25/h2-9H,10-14H2,1H3. The van der Waals surface area contributed by atoms with Crippen molar-refractivity contribution in [2.45, 2.75) is 11.5 Å². The average molecular weight is 419 g/mol. The molecule has 2 aromatic rings. The van der Waals surface area contributed by atoms with Gasteiger partial charge in [0.15, 0.2) is 4.90 Å². The Morgan fingerprint density at radius 2 is 1.69 bits per heavy atom. The number of nitro benzene ring substituents is 1. The fraction of sp³-hybridized carbons (Fsp3) is 0.316. The lowest BCUT2D eigenvalue weighted by Crippen LogP contribution is -2.50. The van der Waals surface area contributed by atoms with E-state index in [1.807, 2.05) is 12.1 Å². The van der Waals surface area contributed by atoms with Crippen molar-refractivity contribution in [2.75, 3.05) is 33.3 Å². The molecule has 154 valence electrons. The number of carbonyl (C=O) groups is 1. The molecule has 0 unspecified atom stereocenters. The lowest BCUT2D eigenvalue weighted by atomic mass is 10.1. The van der Waals surface area contributed by atoms with Gasteiger partial charge in [-0.15, -0.1) is 0 Å². The van der Waals surface area contributed by atoms with E-state index >= 15 is 0 Å². The van der Waals surface area contributed by atoms with Crippen molar-refractivity contribution >= 4 is 21.6 Å². The van der Waals surface area contributed by atoms with Crippen LogP contribution < -0.4 is 0 Å². The van der Waals surface area contributed by atoms with Crippen molar-refractivity contribution in [2.24, 2.45) is 0 Å². The third kappa shape index (κ3) is 4.44. The number of amides is 1. The van der Waals surface area contributed by atoms with Crippen LogP contribution in [0, 0.1) is 10.1 Å². The number of piperazine rings is 1. The Balaban J connectivity index is 1.70. The van der Waals surface area contributed by atoms with E-state index in [1.165, 1.54) is 28.6 Å². The highest BCUT2D eigenvalue weighted by atomic mass is 32.2. The molecule has 0 saturated carbocycles. The Bertz CT molecular complexity index is 999. The monoisotopic (exact) mass is 419 g/mol. The predicted molar refractivity (Wildman–Crippen MR) is 105 cm³/mol. The summed E-state index contributed by atoms with van der Waals surface area (Å²) in [5.74, 6) is -0.184. The summed E-state index contributed by atoms with van der Waals surface area (Å²) < 4.78 is 32.0. The molecular formula is C19H21N3O6S. The first-order valence-corrected chi connectivity index (χ1v) is 10.4. The third-order valence-electron chi connectivity index (χ3n) is 4.72. The number of sulfonamides is 1. The first-order valence-electron chi connectivity index (χ1n) is 8.95. The Kier molecular flexibility index (Phi) is 6.26. The van der Waals surface area contributed by atoms with E-state index in [-0.39, 0.29) is 37.0 Å². The number of nitrogens with zero attached hydrogens (tertiary/aromatic N) is 3. The molecule has 0 N–H and O–H groups in total. The fourth-order valence-electron chi connectivity index (χ4n) is 3.19. The van der Waals surface area contributed by atoms with Gasteiger partial charge in [0.1, 0.15) is 0 Å². The zero-order valence-electron chi connectivity index (χ0n) is 15.9. The molecule has 0 spiro atoms. The molecule has 0 radical (unpaired) electrons. The Morgan fingerprint density at radius 3 is 2.28 bits per heavy atom. The van der Waals surface area contributed by atoms with E-state index in [2.05, 4.69) is 0 Å². The molecule has 0 aliphatic carbocycles. The molecule has 0 aromatic heterocycles. The van der Waals surface area contributed by atoms with Crippen LogP contribution in [0.25, 0.3) is 0 Å². The highest BCUT2D eigenvalue weighted by Gasteiger charge is 2.34. The molecule has 9 nitrogen and oxygen atoms in total. The molecule has 0 atom stereocenters. The first kappa shape index (κ1) is 20.9. The molecule has 1 amide bonds. The summed E-state index contributed by atoms with van der Waals surface area (Å²) in [5, 5.41) is 11.2. The number of methoxy groups -OCH3 is 1. The number of hydrogen-bond acceptors (Lipinski definition) is 6. The van der Waals surface area contributed by atoms with E-state index in [0.717, 1.165) is 5.56 Å². The van der Waals surface area contributed by atoms with Crippen LogP contribution in [0.5, 0.6) is 0 Å². The zero-order valence-corrected chi connectivity index (χ0v) is 16.7. The van der Waals surface area contributed by atoms with E-state index in [0.29, 0.717) is 12.2 Å². The fourth-order valence-corrected chi connectivity index (χ4v) is 4.77. The van der Waals surface area contributed by atoms with Gasteiger partial charge in [-0.2, -0.15) is 4.31 Å². The van der Waals surface area contributed by atoms with Gasteiger partial charge in [0.25, 0.3) is 11.6 Å². The van der Waals surface area contributed by atoms with Crippen LogP contribution in [-0.2, 0) is 21.4 Å². The second-order valence-electron chi connectivity index (χ2n) is 6.55. The smallest absolute Gasteiger partial charge is 0.289 e. The van der Waals surface area contributed by atoms with Crippen molar-refractivity contribution in [3.63, 3.8) is 0 Å². The van der Waals surface area contributed by atoms with Gasteiger partial charge in [0.2, 0.25) is 10.0 Å². The van der Waals surface area contributed by atoms with Gasteiger partial charge in [0.05, 0.1) is 11.5 Å². The van der Waals surface area contributed by atoms with Crippen LogP contribution in [0.4, 0.5) is 5.69 Å². The van der Waals surface area contributed by atoms with Gasteiger partial charge in [-0.1, -0.05) is 24.3 Å². The lowest BCUT2D eigenvalue weighted by Gasteiger charge is -2.34. The second kappa shape index (κ2) is 8.68. The quantitative estimate of drug-likeness (QED) is 0.522. The maximum atomic E-state index is 12.9. The molecule has 0 bridgehead atoms. The first-order chi connectivity index (χ1) is 13.8. The topological polar surface area (TPSA) is 110 Å². The molecule has 29 heavy (non-hydrogen) atoms. The summed E-state index contributed by atoms with van der Waals surface area (Å²) >= 11 is 0. The maximum absolute atomic E-state index is 12.9. The number of nitro groups is 1. The van der Waals surface area contributed by atoms with Gasteiger partial charge < -0.3 is 9.64 Å². The Hall–Kier alpha value is -2.82. The summed E-state index contributed by atoms with van der Waals surface area (Å²) in [4.78, 5) is 24.4. The van der Waals surface area contributed by atoms with Crippen LogP contribution in [0.3, 0.4) is 0 Å². The minimum atomic E-state index is -4.02. The maximum Gasteiger partial charge on any atom is 0.289 e. The van der Waals surface area contributed by atoms with Crippen molar-refractivity contribution in [1.82, 2.24) is 9.21 Å². The zero-order chi connectivity index (χ0) is 21.0. The van der Waals surface area contributed by atoms with Crippen LogP contribution in [0.1, 0.15) is 15.9 Å². The van der Waals surface area contributed by atoms with Gasteiger partial charge in [-0.3, -0.25) is 14.9 Å². The molecule has 1 heterocycles. The summed E-state index contributed by atoms with van der Waals surface area (Å²) in [6, 6.07) is 12.3. The summed E-state index contributed by atoms with van der Waals surface area (Å²) in [5.41, 5.74) is 1.01. The van der Waals surface area contributed by atoms with Gasteiger partial charge >= 0.3 is 0 Å². The van der Waals surface area contributed by atoms with E-state index in [4.69, 9.17) is 4.74 Å². The number of para-hydroxylation sites is 1. The summed E-state index contributed by atoms with van der Waals surface area (Å²) in [6.07, 6.45) is 0. The molecule has 2 aromatic carbocycles. The molecule has 1 aliphatic heterocycles. The van der Waals surface area contributed by atoms with Crippen LogP contribution >= 0.6 is 0 Å². The number of hydrogen-bond donors (Lipinski definition) is 0. The van der Waals surface area contributed by atoms with Crippen molar-refractivity contribution in [3.8, 4) is 0 Å². The minimum Gasteiger partial charge on any atom is -0.380 e. The lowest BCUT2D eigenvalue weighted by molar-refractivity contribution is -0.387. The normalized spacial score (nSPS) is 15.3. The number of benzene rings is 2. The SMILES string of the molecule is COCc1ccc(C(=O)N2CCN(S(=O)(=O)c3ccccc3[N+](=O)[O-])CC2)cc1. The molecule has 10 heteroatoms. The summed E-state index contributed by atoms with van der Waals surface area (Å²) in [7, 11) is -2.43. The van der Waals surface area contributed by atoms with Gasteiger partial charge in [0, 0.05) is 44.9 Å². The van der Waals surface area contributed by atoms with E-state index < -0.39 is 20.6 Å². The highest BCUT2D eigenvalue weighted by Crippen LogP contribution is 2.27. The van der Waals surface area contributed by atoms with Crippen molar-refractivity contribution in [3.05, 3.63) is 69.8 Å². The van der Waals surface area contributed by atoms with Crippen LogP contribution in [0.15, 0.2) is 53.4 Å². The molecule has 1 fully saturated rings. The Morgan fingerprint density at radius 1 is 1.07 bits per heavy atom. The van der Waals surface area contributed by atoms with Crippen molar-refractivity contribution in [1.29, 1.82) is 0 Å². The predicted octanol–water partition coefficient (Wildman–Crippen LogP) is 1.89. The van der Waals surface area contributed by atoms with E-state index in [9.17, 15) is 23.3 Å². The van der Waals surface area contributed by atoms with Gasteiger partial charge in [-0.25, -0.2) is 8.42 Å². The third-order valence-corrected chi connectivity index (χ3v) is 6.66. The largest absolute Gasteiger partial charge is 0.380 e.